The standard InChI is InChI=1S/C23H28F5NO7/c1-10-11(2)21(29-12(3)30)23(35-14(10)9-34-13(4)31)33-8-6-5-7-15(32)36-22-19(27)17(25)16(24)18(26)20(22)28/h10-11,14,21,23H,5-9H2,1-4H3,(H,29,30). The van der Waals surface area contributed by atoms with Gasteiger partial charge in [0.15, 0.2) is 6.29 Å². The monoisotopic (exact) mass is 525 g/mol. The fourth-order valence-corrected chi connectivity index (χ4v) is 3.67. The number of carbonyl (C=O) groups is 3. The Hall–Kier alpha value is -2.80. The van der Waals surface area contributed by atoms with E-state index in [0.717, 1.165) is 0 Å². The minimum absolute atomic E-state index is 0.00295. The van der Waals surface area contributed by atoms with E-state index >= 15 is 0 Å². The Morgan fingerprint density at radius 2 is 1.47 bits per heavy atom. The predicted octanol–water partition coefficient (Wildman–Crippen LogP) is 3.54. The van der Waals surface area contributed by atoms with Crippen molar-refractivity contribution < 1.29 is 55.3 Å². The van der Waals surface area contributed by atoms with E-state index in [1.165, 1.54) is 13.8 Å². The smallest absolute Gasteiger partial charge is 0.311 e. The van der Waals surface area contributed by atoms with Gasteiger partial charge in [-0.25, -0.2) is 13.2 Å². The molecule has 5 unspecified atom stereocenters. The number of amides is 1. The van der Waals surface area contributed by atoms with E-state index in [1.54, 1.807) is 0 Å². The lowest BCUT2D eigenvalue weighted by atomic mass is 9.82. The Morgan fingerprint density at radius 1 is 0.889 bits per heavy atom. The molecule has 0 aromatic heterocycles. The van der Waals surface area contributed by atoms with Crippen molar-refractivity contribution in [2.75, 3.05) is 13.2 Å². The molecule has 1 aromatic rings. The van der Waals surface area contributed by atoms with Gasteiger partial charge in [-0.05, 0) is 24.7 Å². The number of hydrogen-bond donors (Lipinski definition) is 1. The van der Waals surface area contributed by atoms with Crippen molar-refractivity contribution in [2.24, 2.45) is 11.8 Å². The summed E-state index contributed by atoms with van der Waals surface area (Å²) < 4.78 is 87.9. The van der Waals surface area contributed by atoms with Gasteiger partial charge >= 0.3 is 11.9 Å². The molecule has 1 aromatic carbocycles. The molecule has 202 valence electrons. The predicted molar refractivity (Wildman–Crippen MR) is 113 cm³/mol. The van der Waals surface area contributed by atoms with Crippen molar-refractivity contribution in [3.63, 3.8) is 0 Å². The first-order valence-electron chi connectivity index (χ1n) is 11.2. The van der Waals surface area contributed by atoms with Crippen LogP contribution in [0.1, 0.15) is 47.0 Å². The van der Waals surface area contributed by atoms with Crippen LogP contribution in [-0.2, 0) is 28.6 Å². The molecule has 1 aliphatic rings. The van der Waals surface area contributed by atoms with Crippen LogP contribution in [0.4, 0.5) is 22.0 Å². The van der Waals surface area contributed by atoms with E-state index in [9.17, 15) is 36.3 Å². The lowest BCUT2D eigenvalue weighted by Crippen LogP contribution is -2.58. The molecule has 1 N–H and O–H groups in total. The van der Waals surface area contributed by atoms with Crippen molar-refractivity contribution in [3.05, 3.63) is 29.1 Å². The summed E-state index contributed by atoms with van der Waals surface area (Å²) in [6.07, 6.45) is -1.45. The second-order valence-corrected chi connectivity index (χ2v) is 8.49. The minimum Gasteiger partial charge on any atom is -0.463 e. The number of unbranched alkanes of at least 4 members (excludes halogenated alkanes) is 1. The van der Waals surface area contributed by atoms with Crippen LogP contribution < -0.4 is 10.1 Å². The fraction of sp³-hybridized carbons (Fsp3) is 0.609. The van der Waals surface area contributed by atoms with Crippen LogP contribution in [0.5, 0.6) is 5.75 Å². The topological polar surface area (TPSA) is 100 Å². The molecule has 0 bridgehead atoms. The molecule has 0 radical (unpaired) electrons. The van der Waals surface area contributed by atoms with Gasteiger partial charge in [0.2, 0.25) is 40.7 Å². The highest BCUT2D eigenvalue weighted by Crippen LogP contribution is 2.32. The zero-order valence-corrected chi connectivity index (χ0v) is 20.2. The number of esters is 2. The third-order valence-corrected chi connectivity index (χ3v) is 5.85. The minimum atomic E-state index is -2.36. The van der Waals surface area contributed by atoms with E-state index in [2.05, 4.69) is 10.1 Å². The van der Waals surface area contributed by atoms with E-state index in [1.807, 2.05) is 13.8 Å². The zero-order chi connectivity index (χ0) is 27.2. The molecule has 1 saturated heterocycles. The summed E-state index contributed by atoms with van der Waals surface area (Å²) in [6, 6.07) is -0.509. The van der Waals surface area contributed by atoms with Gasteiger partial charge in [-0.1, -0.05) is 13.8 Å². The molecule has 1 amide bonds. The summed E-state index contributed by atoms with van der Waals surface area (Å²) in [5.74, 6) is -15.1. The molecule has 8 nitrogen and oxygen atoms in total. The third kappa shape index (κ3) is 7.36. The molecule has 0 aliphatic carbocycles. The number of benzene rings is 1. The molecule has 5 atom stereocenters. The molecule has 1 fully saturated rings. The molecular weight excluding hydrogens is 497 g/mol. The molecule has 0 spiro atoms. The highest BCUT2D eigenvalue weighted by atomic mass is 19.2. The highest BCUT2D eigenvalue weighted by Gasteiger charge is 2.43. The zero-order valence-electron chi connectivity index (χ0n) is 20.2. The number of ether oxygens (including phenoxy) is 4. The molecule has 1 heterocycles. The SMILES string of the molecule is CC(=O)NC1C(OCCCCC(=O)Oc2c(F)c(F)c(F)c(F)c2F)OC(COC(C)=O)C(C)C1C. The average Bonchev–Trinajstić information content (AvgIpc) is 2.82. The van der Waals surface area contributed by atoms with Crippen molar-refractivity contribution in [1.29, 1.82) is 0 Å². The first-order chi connectivity index (χ1) is 16.8. The van der Waals surface area contributed by atoms with Crippen LogP contribution in [0.15, 0.2) is 0 Å². The van der Waals surface area contributed by atoms with Crippen LogP contribution in [0.2, 0.25) is 0 Å². The van der Waals surface area contributed by atoms with E-state index in [0.29, 0.717) is 0 Å². The molecule has 13 heteroatoms. The van der Waals surface area contributed by atoms with Gasteiger partial charge < -0.3 is 24.3 Å². The Morgan fingerprint density at radius 3 is 2.03 bits per heavy atom. The van der Waals surface area contributed by atoms with Crippen LogP contribution in [0.25, 0.3) is 0 Å². The lowest BCUT2D eigenvalue weighted by molar-refractivity contribution is -0.244. The van der Waals surface area contributed by atoms with Gasteiger partial charge in [0.05, 0.1) is 12.1 Å². The van der Waals surface area contributed by atoms with Gasteiger partial charge in [0.25, 0.3) is 0 Å². The molecule has 2 rings (SSSR count). The number of halogens is 5. The first-order valence-corrected chi connectivity index (χ1v) is 11.2. The summed E-state index contributed by atoms with van der Waals surface area (Å²) in [7, 11) is 0. The first kappa shape index (κ1) is 29.4. The van der Waals surface area contributed by atoms with Crippen LogP contribution in [0.3, 0.4) is 0 Å². The number of hydrogen-bond acceptors (Lipinski definition) is 7. The maximum absolute atomic E-state index is 13.6. The molecular formula is C23H28F5NO7. The second-order valence-electron chi connectivity index (χ2n) is 8.49. The normalized spacial score (nSPS) is 23.8. The van der Waals surface area contributed by atoms with E-state index in [-0.39, 0.29) is 43.8 Å². The summed E-state index contributed by atoms with van der Waals surface area (Å²) in [6.45, 7) is 6.42. The van der Waals surface area contributed by atoms with Crippen LogP contribution in [0, 0.1) is 40.9 Å². The Bertz CT molecular complexity index is 946. The van der Waals surface area contributed by atoms with Gasteiger partial charge in [-0.2, -0.15) is 8.78 Å². The van der Waals surface area contributed by atoms with Gasteiger partial charge in [0, 0.05) is 26.9 Å². The van der Waals surface area contributed by atoms with E-state index < -0.39 is 71.6 Å². The second kappa shape index (κ2) is 12.9. The van der Waals surface area contributed by atoms with E-state index in [4.69, 9.17) is 14.2 Å². The number of nitrogens with one attached hydrogen (secondary N) is 1. The lowest BCUT2D eigenvalue weighted by Gasteiger charge is -2.44. The maximum Gasteiger partial charge on any atom is 0.311 e. The Balaban J connectivity index is 1.90. The van der Waals surface area contributed by atoms with Crippen LogP contribution in [-0.4, -0.2) is 49.5 Å². The molecule has 36 heavy (non-hydrogen) atoms. The van der Waals surface area contributed by atoms with Crippen molar-refractivity contribution in [3.8, 4) is 5.75 Å². The largest absolute Gasteiger partial charge is 0.463 e. The average molecular weight is 525 g/mol. The molecule has 1 aliphatic heterocycles. The highest BCUT2D eigenvalue weighted by molar-refractivity contribution is 5.73. The quantitative estimate of drug-likeness (QED) is 0.125. The molecule has 0 saturated carbocycles. The fourth-order valence-electron chi connectivity index (χ4n) is 3.67. The Kier molecular flexibility index (Phi) is 10.6. The van der Waals surface area contributed by atoms with Crippen molar-refractivity contribution >= 4 is 17.8 Å². The number of rotatable bonds is 10. The van der Waals surface area contributed by atoms with Gasteiger partial charge in [-0.15, -0.1) is 0 Å². The van der Waals surface area contributed by atoms with Crippen LogP contribution >= 0.6 is 0 Å². The Labute approximate surface area is 204 Å². The number of carbonyl (C=O) groups excluding carboxylic acids is 3. The third-order valence-electron chi connectivity index (χ3n) is 5.85. The summed E-state index contributed by atoms with van der Waals surface area (Å²) >= 11 is 0. The van der Waals surface area contributed by atoms with Crippen molar-refractivity contribution in [2.45, 2.75) is 65.4 Å². The summed E-state index contributed by atoms with van der Waals surface area (Å²) in [5, 5.41) is 2.78. The van der Waals surface area contributed by atoms with Crippen molar-refractivity contribution in [1.82, 2.24) is 5.32 Å². The summed E-state index contributed by atoms with van der Waals surface area (Å²) in [5.41, 5.74) is 0. The maximum atomic E-state index is 13.6. The van der Waals surface area contributed by atoms with Gasteiger partial charge in [0.1, 0.15) is 6.61 Å². The summed E-state index contributed by atoms with van der Waals surface area (Å²) in [4.78, 5) is 34.7. The van der Waals surface area contributed by atoms with Gasteiger partial charge in [-0.3, -0.25) is 14.4 Å².